The second-order valence-corrected chi connectivity index (χ2v) is 1.87. The average Bonchev–Trinajstić information content (AvgIpc) is 2.13. The summed E-state index contributed by atoms with van der Waals surface area (Å²) in [4.78, 5) is 10.6. The lowest BCUT2D eigenvalue weighted by Crippen LogP contribution is -2.15. The molecule has 1 heterocycles. The number of hydrogen-bond donors (Lipinski definition) is 1. The van der Waals surface area contributed by atoms with Crippen molar-refractivity contribution in [2.75, 3.05) is 0 Å². The summed E-state index contributed by atoms with van der Waals surface area (Å²) in [7, 11) is 0. The molecular weight excluding hydrogens is 138 g/mol. The van der Waals surface area contributed by atoms with Crippen LogP contribution in [0.15, 0.2) is 22.0 Å². The molecule has 0 bridgehead atoms. The molecule has 0 saturated carbocycles. The first-order chi connectivity index (χ1) is 4.22. The van der Waals surface area contributed by atoms with Gasteiger partial charge in [0.1, 0.15) is 4.99 Å². The van der Waals surface area contributed by atoms with E-state index in [1.807, 2.05) is 0 Å². The Labute approximate surface area is 56.4 Å². The van der Waals surface area contributed by atoms with Crippen molar-refractivity contribution in [1.29, 1.82) is 0 Å². The Bertz CT molecular complexity index is 230. The van der Waals surface area contributed by atoms with Crippen molar-refractivity contribution in [3.05, 3.63) is 11.8 Å². The van der Waals surface area contributed by atoms with Gasteiger partial charge < -0.3 is 5.73 Å². The van der Waals surface area contributed by atoms with Gasteiger partial charge in [-0.05, 0) is 0 Å². The molecule has 1 aliphatic rings. The van der Waals surface area contributed by atoms with Crippen molar-refractivity contribution in [3.63, 3.8) is 0 Å². The van der Waals surface area contributed by atoms with Crippen LogP contribution in [0.2, 0.25) is 0 Å². The van der Waals surface area contributed by atoms with Crippen LogP contribution in [0.25, 0.3) is 0 Å². The number of amides is 1. The van der Waals surface area contributed by atoms with Gasteiger partial charge in [-0.1, -0.05) is 12.2 Å². The third-order valence-electron chi connectivity index (χ3n) is 0.831. The topological polar surface area (TPSA) is 67.8 Å². The normalized spacial score (nSPS) is 16.0. The molecule has 46 valence electrons. The van der Waals surface area contributed by atoms with Crippen LogP contribution in [0.1, 0.15) is 0 Å². The average molecular weight is 141 g/mol. The summed E-state index contributed by atoms with van der Waals surface area (Å²) in [6.07, 6.45) is 1.25. The van der Waals surface area contributed by atoms with Crippen molar-refractivity contribution in [3.8, 4) is 0 Å². The molecule has 5 heteroatoms. The van der Waals surface area contributed by atoms with E-state index in [1.165, 1.54) is 6.20 Å². The molecule has 4 nitrogen and oxygen atoms in total. The zero-order chi connectivity index (χ0) is 6.85. The second-order valence-electron chi connectivity index (χ2n) is 1.43. The van der Waals surface area contributed by atoms with Gasteiger partial charge >= 0.3 is 0 Å². The van der Waals surface area contributed by atoms with Crippen molar-refractivity contribution in [1.82, 2.24) is 0 Å². The monoisotopic (exact) mass is 141 g/mol. The van der Waals surface area contributed by atoms with Crippen LogP contribution in [-0.4, -0.2) is 10.9 Å². The number of azo groups is 1. The predicted octanol–water partition coefficient (Wildman–Crippen LogP) is 0.149. The SMILES string of the molecule is NC(=S)C1=CN=NC1=O. The van der Waals surface area contributed by atoms with Gasteiger partial charge in [-0.25, -0.2) is 0 Å². The summed E-state index contributed by atoms with van der Waals surface area (Å²) in [6.45, 7) is 0. The molecule has 0 aliphatic carbocycles. The maximum Gasteiger partial charge on any atom is 0.300 e. The van der Waals surface area contributed by atoms with E-state index in [0.717, 1.165) is 0 Å². The van der Waals surface area contributed by atoms with Crippen LogP contribution >= 0.6 is 12.2 Å². The van der Waals surface area contributed by atoms with Gasteiger partial charge in [-0.3, -0.25) is 4.79 Å². The molecule has 0 aromatic heterocycles. The Morgan fingerprint density at radius 1 is 1.78 bits per heavy atom. The van der Waals surface area contributed by atoms with E-state index >= 15 is 0 Å². The number of nitrogens with zero attached hydrogens (tertiary/aromatic N) is 2. The fourth-order valence-corrected chi connectivity index (χ4v) is 0.557. The van der Waals surface area contributed by atoms with Crippen LogP contribution in [-0.2, 0) is 4.79 Å². The van der Waals surface area contributed by atoms with Gasteiger partial charge in [-0.2, -0.15) is 5.11 Å². The molecule has 0 spiro atoms. The highest BCUT2D eigenvalue weighted by Crippen LogP contribution is 2.05. The highest BCUT2D eigenvalue weighted by molar-refractivity contribution is 7.80. The molecule has 9 heavy (non-hydrogen) atoms. The predicted molar refractivity (Wildman–Crippen MR) is 34.7 cm³/mol. The van der Waals surface area contributed by atoms with E-state index in [2.05, 4.69) is 22.4 Å². The largest absolute Gasteiger partial charge is 0.389 e. The summed E-state index contributed by atoms with van der Waals surface area (Å²) in [5, 5.41) is 6.48. The van der Waals surface area contributed by atoms with E-state index in [9.17, 15) is 4.79 Å². The van der Waals surface area contributed by atoms with Crippen molar-refractivity contribution in [2.24, 2.45) is 16.0 Å². The highest BCUT2D eigenvalue weighted by Gasteiger charge is 2.14. The lowest BCUT2D eigenvalue weighted by Gasteiger charge is -1.88. The Morgan fingerprint density at radius 3 is 2.67 bits per heavy atom. The molecule has 2 N–H and O–H groups in total. The highest BCUT2D eigenvalue weighted by atomic mass is 32.1. The van der Waals surface area contributed by atoms with E-state index in [4.69, 9.17) is 5.73 Å². The third kappa shape index (κ3) is 0.996. The zero-order valence-electron chi connectivity index (χ0n) is 4.37. The fraction of sp³-hybridized carbons (Fsp3) is 0. The minimum Gasteiger partial charge on any atom is -0.389 e. The first-order valence-corrected chi connectivity index (χ1v) is 2.58. The first-order valence-electron chi connectivity index (χ1n) is 2.17. The number of rotatable bonds is 1. The van der Waals surface area contributed by atoms with Gasteiger partial charge in [-0.15, -0.1) is 5.11 Å². The molecule has 1 rings (SSSR count). The first kappa shape index (κ1) is 6.03. The van der Waals surface area contributed by atoms with Crippen LogP contribution in [0.4, 0.5) is 0 Å². The van der Waals surface area contributed by atoms with E-state index in [0.29, 0.717) is 0 Å². The van der Waals surface area contributed by atoms with Crippen LogP contribution in [0, 0.1) is 0 Å². The lowest BCUT2D eigenvalue weighted by molar-refractivity contribution is -0.113. The minimum atomic E-state index is -0.456. The van der Waals surface area contributed by atoms with Crippen molar-refractivity contribution >= 4 is 23.1 Å². The Kier molecular flexibility index (Phi) is 1.35. The lowest BCUT2D eigenvalue weighted by atomic mass is 10.3. The Morgan fingerprint density at radius 2 is 2.44 bits per heavy atom. The molecule has 0 radical (unpaired) electrons. The second kappa shape index (κ2) is 2.02. The van der Waals surface area contributed by atoms with E-state index in [-0.39, 0.29) is 10.6 Å². The van der Waals surface area contributed by atoms with Crippen LogP contribution < -0.4 is 5.73 Å². The van der Waals surface area contributed by atoms with Crippen LogP contribution in [0.5, 0.6) is 0 Å². The van der Waals surface area contributed by atoms with E-state index < -0.39 is 5.91 Å². The number of hydrogen-bond acceptors (Lipinski definition) is 3. The molecule has 0 unspecified atom stereocenters. The number of thiocarbonyl (C=S) groups is 1. The number of nitrogens with two attached hydrogens (primary N) is 1. The molecule has 1 amide bonds. The Balaban J connectivity index is 2.88. The molecule has 0 aromatic carbocycles. The molecular formula is C4H3N3OS. The van der Waals surface area contributed by atoms with Gasteiger partial charge in [0.2, 0.25) is 0 Å². The van der Waals surface area contributed by atoms with Gasteiger partial charge in [0.25, 0.3) is 5.91 Å². The van der Waals surface area contributed by atoms with Crippen molar-refractivity contribution in [2.45, 2.75) is 0 Å². The summed E-state index contributed by atoms with van der Waals surface area (Å²) in [6, 6.07) is 0. The standard InChI is InChI=1S/C4H3N3OS/c5-3(9)2-1-6-7-4(2)8/h1H,(H2,5,9). The summed E-state index contributed by atoms with van der Waals surface area (Å²) in [5.74, 6) is -0.456. The smallest absolute Gasteiger partial charge is 0.300 e. The number of carbonyl (C=O) groups is 1. The maximum atomic E-state index is 10.5. The van der Waals surface area contributed by atoms with Crippen LogP contribution in [0.3, 0.4) is 0 Å². The van der Waals surface area contributed by atoms with Gasteiger partial charge in [0.05, 0.1) is 11.8 Å². The number of carbonyl (C=O) groups excluding carboxylic acids is 1. The maximum absolute atomic E-state index is 10.5. The molecule has 0 aromatic rings. The molecule has 0 fully saturated rings. The molecule has 0 atom stereocenters. The fourth-order valence-electron chi connectivity index (χ4n) is 0.417. The zero-order valence-corrected chi connectivity index (χ0v) is 5.18. The quantitative estimate of drug-likeness (QED) is 0.528. The van der Waals surface area contributed by atoms with Gasteiger partial charge in [0.15, 0.2) is 0 Å². The molecule has 1 aliphatic heterocycles. The third-order valence-corrected chi connectivity index (χ3v) is 1.05. The molecule has 0 saturated heterocycles. The summed E-state index contributed by atoms with van der Waals surface area (Å²) < 4.78 is 0. The van der Waals surface area contributed by atoms with Gasteiger partial charge in [0, 0.05) is 0 Å². The van der Waals surface area contributed by atoms with Crippen molar-refractivity contribution < 1.29 is 4.79 Å². The minimum absolute atomic E-state index is 0.0463. The summed E-state index contributed by atoms with van der Waals surface area (Å²) >= 11 is 4.50. The summed E-state index contributed by atoms with van der Waals surface area (Å²) in [5.41, 5.74) is 5.32. The Hall–Kier alpha value is -1.10. The van der Waals surface area contributed by atoms with E-state index in [1.54, 1.807) is 0 Å².